The third-order valence-corrected chi connectivity index (χ3v) is 3.15. The fourth-order valence-corrected chi connectivity index (χ4v) is 2.32. The Morgan fingerprint density at radius 3 is 2.80 bits per heavy atom. The SMILES string of the molecule is CC(C)(C)OC(=O)Nc1ccc(F)cc1C1CCNC1. The number of carbonyl (C=O) groups is 1. The van der Waals surface area contributed by atoms with Gasteiger partial charge < -0.3 is 10.1 Å². The van der Waals surface area contributed by atoms with E-state index < -0.39 is 11.7 Å². The molecule has 0 radical (unpaired) electrons. The third kappa shape index (κ3) is 3.93. The number of hydrogen-bond donors (Lipinski definition) is 2. The van der Waals surface area contributed by atoms with Crippen molar-refractivity contribution >= 4 is 11.8 Å². The van der Waals surface area contributed by atoms with Crippen molar-refractivity contribution in [2.75, 3.05) is 18.4 Å². The maximum absolute atomic E-state index is 13.4. The second-order valence-electron chi connectivity index (χ2n) is 6.05. The zero-order valence-corrected chi connectivity index (χ0v) is 12.1. The summed E-state index contributed by atoms with van der Waals surface area (Å²) in [6.45, 7) is 7.12. The second-order valence-corrected chi connectivity index (χ2v) is 6.05. The van der Waals surface area contributed by atoms with Gasteiger partial charge in [-0.1, -0.05) is 0 Å². The van der Waals surface area contributed by atoms with E-state index in [1.54, 1.807) is 26.8 Å². The van der Waals surface area contributed by atoms with Crippen molar-refractivity contribution in [3.8, 4) is 0 Å². The molecule has 2 rings (SSSR count). The second kappa shape index (κ2) is 5.79. The first-order chi connectivity index (χ1) is 9.35. The van der Waals surface area contributed by atoms with E-state index in [1.807, 2.05) is 0 Å². The molecule has 110 valence electrons. The van der Waals surface area contributed by atoms with Gasteiger partial charge in [-0.15, -0.1) is 0 Å². The molecule has 1 amide bonds. The number of benzene rings is 1. The average molecular weight is 280 g/mol. The lowest BCUT2D eigenvalue weighted by molar-refractivity contribution is 0.0635. The van der Waals surface area contributed by atoms with Gasteiger partial charge in [0.2, 0.25) is 0 Å². The summed E-state index contributed by atoms with van der Waals surface area (Å²) >= 11 is 0. The lowest BCUT2D eigenvalue weighted by Gasteiger charge is -2.21. The zero-order chi connectivity index (χ0) is 14.8. The van der Waals surface area contributed by atoms with Crippen LogP contribution in [0.1, 0.15) is 38.7 Å². The van der Waals surface area contributed by atoms with Crippen LogP contribution in [0, 0.1) is 5.82 Å². The van der Waals surface area contributed by atoms with Crippen LogP contribution >= 0.6 is 0 Å². The molecule has 1 saturated heterocycles. The molecule has 20 heavy (non-hydrogen) atoms. The summed E-state index contributed by atoms with van der Waals surface area (Å²) in [7, 11) is 0. The summed E-state index contributed by atoms with van der Waals surface area (Å²) in [5.41, 5.74) is 0.884. The molecule has 0 aliphatic carbocycles. The number of halogens is 1. The van der Waals surface area contributed by atoms with Crippen molar-refractivity contribution in [3.05, 3.63) is 29.6 Å². The van der Waals surface area contributed by atoms with E-state index in [1.165, 1.54) is 12.1 Å². The van der Waals surface area contributed by atoms with E-state index in [4.69, 9.17) is 4.74 Å². The normalized spacial score (nSPS) is 18.9. The number of nitrogens with one attached hydrogen (secondary N) is 2. The van der Waals surface area contributed by atoms with Crippen molar-refractivity contribution < 1.29 is 13.9 Å². The smallest absolute Gasteiger partial charge is 0.412 e. The van der Waals surface area contributed by atoms with Crippen LogP contribution in [0.25, 0.3) is 0 Å². The van der Waals surface area contributed by atoms with E-state index in [2.05, 4.69) is 10.6 Å². The molecule has 0 bridgehead atoms. The largest absolute Gasteiger partial charge is 0.444 e. The topological polar surface area (TPSA) is 50.4 Å². The van der Waals surface area contributed by atoms with Crippen LogP contribution in [-0.4, -0.2) is 24.8 Å². The predicted octanol–water partition coefficient (Wildman–Crippen LogP) is 3.25. The fraction of sp³-hybridized carbons (Fsp3) is 0.533. The lowest BCUT2D eigenvalue weighted by atomic mass is 9.96. The minimum Gasteiger partial charge on any atom is -0.444 e. The predicted molar refractivity (Wildman–Crippen MR) is 76.5 cm³/mol. The molecule has 2 N–H and O–H groups in total. The Labute approximate surface area is 118 Å². The van der Waals surface area contributed by atoms with E-state index in [0.29, 0.717) is 5.69 Å². The van der Waals surface area contributed by atoms with Gasteiger partial charge in [-0.3, -0.25) is 5.32 Å². The maximum atomic E-state index is 13.4. The molecule has 1 aliphatic rings. The molecule has 0 aromatic heterocycles. The van der Waals surface area contributed by atoms with Gasteiger partial charge in [0, 0.05) is 12.2 Å². The van der Waals surface area contributed by atoms with Gasteiger partial charge in [0.15, 0.2) is 0 Å². The standard InChI is InChI=1S/C15H21FN2O2/c1-15(2,3)20-14(19)18-13-5-4-11(16)8-12(13)10-6-7-17-9-10/h4-5,8,10,17H,6-7,9H2,1-3H3,(H,18,19). The van der Waals surface area contributed by atoms with Crippen LogP contribution in [0.4, 0.5) is 14.9 Å². The number of carbonyl (C=O) groups excluding carboxylic acids is 1. The Balaban J connectivity index is 2.16. The van der Waals surface area contributed by atoms with Crippen molar-refractivity contribution in [2.45, 2.75) is 38.7 Å². The van der Waals surface area contributed by atoms with Crippen LogP contribution < -0.4 is 10.6 Å². The molecule has 1 aromatic rings. The molecule has 1 unspecified atom stereocenters. The minimum atomic E-state index is -0.556. The zero-order valence-electron chi connectivity index (χ0n) is 12.1. The molecule has 4 nitrogen and oxygen atoms in total. The van der Waals surface area contributed by atoms with E-state index in [9.17, 15) is 9.18 Å². The number of ether oxygens (including phenoxy) is 1. The Hall–Kier alpha value is -1.62. The van der Waals surface area contributed by atoms with Gasteiger partial charge in [0.25, 0.3) is 0 Å². The highest BCUT2D eigenvalue weighted by Gasteiger charge is 2.22. The summed E-state index contributed by atoms with van der Waals surface area (Å²) in [4.78, 5) is 11.8. The molecular weight excluding hydrogens is 259 g/mol. The molecule has 1 fully saturated rings. The van der Waals surface area contributed by atoms with Gasteiger partial charge in [0.1, 0.15) is 11.4 Å². The summed E-state index contributed by atoms with van der Waals surface area (Å²) < 4.78 is 18.7. The van der Waals surface area contributed by atoms with Crippen LogP contribution in [0.15, 0.2) is 18.2 Å². The Bertz CT molecular complexity index is 491. The first kappa shape index (κ1) is 14.8. The van der Waals surface area contributed by atoms with E-state index >= 15 is 0 Å². The highest BCUT2D eigenvalue weighted by molar-refractivity contribution is 5.86. The van der Waals surface area contributed by atoms with Crippen molar-refractivity contribution in [2.24, 2.45) is 0 Å². The quantitative estimate of drug-likeness (QED) is 0.874. The summed E-state index contributed by atoms with van der Waals surface area (Å²) in [5.74, 6) is -0.0720. The van der Waals surface area contributed by atoms with Gasteiger partial charge in [-0.05, 0) is 63.4 Å². The van der Waals surface area contributed by atoms with Gasteiger partial charge >= 0.3 is 6.09 Å². The van der Waals surface area contributed by atoms with Crippen LogP contribution in [0.5, 0.6) is 0 Å². The van der Waals surface area contributed by atoms with Crippen LogP contribution in [0.2, 0.25) is 0 Å². The maximum Gasteiger partial charge on any atom is 0.412 e. The monoisotopic (exact) mass is 280 g/mol. The Morgan fingerprint density at radius 1 is 1.45 bits per heavy atom. The summed E-state index contributed by atoms with van der Waals surface area (Å²) in [5, 5.41) is 5.96. The summed E-state index contributed by atoms with van der Waals surface area (Å²) in [6.07, 6.45) is 0.420. The van der Waals surface area contributed by atoms with E-state index in [-0.39, 0.29) is 11.7 Å². The Kier molecular flexibility index (Phi) is 4.28. The van der Waals surface area contributed by atoms with Crippen LogP contribution in [0.3, 0.4) is 0 Å². The van der Waals surface area contributed by atoms with Crippen molar-refractivity contribution in [1.29, 1.82) is 0 Å². The molecule has 1 atom stereocenters. The molecule has 1 aromatic carbocycles. The fourth-order valence-electron chi connectivity index (χ4n) is 2.32. The van der Waals surface area contributed by atoms with Gasteiger partial charge in [-0.25, -0.2) is 9.18 Å². The molecule has 1 heterocycles. The third-order valence-electron chi connectivity index (χ3n) is 3.15. The average Bonchev–Trinajstić information content (AvgIpc) is 2.82. The van der Waals surface area contributed by atoms with Gasteiger partial charge in [0.05, 0.1) is 0 Å². The van der Waals surface area contributed by atoms with E-state index in [0.717, 1.165) is 25.1 Å². The number of anilines is 1. The lowest BCUT2D eigenvalue weighted by Crippen LogP contribution is -2.27. The highest BCUT2D eigenvalue weighted by Crippen LogP contribution is 2.30. The molecule has 0 saturated carbocycles. The number of rotatable bonds is 2. The first-order valence-corrected chi connectivity index (χ1v) is 6.85. The highest BCUT2D eigenvalue weighted by atomic mass is 19.1. The van der Waals surface area contributed by atoms with Gasteiger partial charge in [-0.2, -0.15) is 0 Å². The van der Waals surface area contributed by atoms with Crippen molar-refractivity contribution in [3.63, 3.8) is 0 Å². The molecular formula is C15H21FN2O2. The number of amides is 1. The molecule has 5 heteroatoms. The summed E-state index contributed by atoms with van der Waals surface area (Å²) in [6, 6.07) is 4.43. The molecule has 1 aliphatic heterocycles. The number of hydrogen-bond acceptors (Lipinski definition) is 3. The van der Waals surface area contributed by atoms with Crippen molar-refractivity contribution in [1.82, 2.24) is 5.32 Å². The molecule has 0 spiro atoms. The van der Waals surface area contributed by atoms with Crippen LogP contribution in [-0.2, 0) is 4.74 Å². The minimum absolute atomic E-state index is 0.218. The first-order valence-electron chi connectivity index (χ1n) is 6.85. The Morgan fingerprint density at radius 2 is 2.20 bits per heavy atom.